The molecule has 14 heavy (non-hydrogen) atoms. The number of hydrogen-bond donors (Lipinski definition) is 1. The number of pyridine rings is 1. The van der Waals surface area contributed by atoms with Crippen molar-refractivity contribution in [2.45, 2.75) is 6.92 Å². The summed E-state index contributed by atoms with van der Waals surface area (Å²) in [5.74, 6) is -0.275. The second-order valence-corrected chi connectivity index (χ2v) is 2.45. The van der Waals surface area contributed by atoms with Crippen molar-refractivity contribution in [3.05, 3.63) is 34.5 Å². The fourth-order valence-electron chi connectivity index (χ4n) is 0.909. The van der Waals surface area contributed by atoms with Crippen molar-refractivity contribution in [3.8, 4) is 0 Å². The van der Waals surface area contributed by atoms with Gasteiger partial charge in [-0.1, -0.05) is 5.11 Å². The standard InChI is InChI=1S/C8H9N5O/c1-2-10-8(14)7-5-6(12-13-9)3-4-11-7/h3-5H,2H2,1H3,(H,10,14). The molecule has 1 amide bonds. The molecule has 6 heteroatoms. The number of carbonyl (C=O) groups is 1. The van der Waals surface area contributed by atoms with E-state index in [0.29, 0.717) is 12.2 Å². The van der Waals surface area contributed by atoms with E-state index in [1.54, 1.807) is 0 Å². The van der Waals surface area contributed by atoms with E-state index in [4.69, 9.17) is 5.53 Å². The lowest BCUT2D eigenvalue weighted by atomic mass is 10.3. The first kappa shape index (κ1) is 10.0. The van der Waals surface area contributed by atoms with Crippen LogP contribution in [0.4, 0.5) is 5.69 Å². The molecule has 0 atom stereocenters. The summed E-state index contributed by atoms with van der Waals surface area (Å²) in [6.45, 7) is 2.35. The summed E-state index contributed by atoms with van der Waals surface area (Å²) >= 11 is 0. The van der Waals surface area contributed by atoms with E-state index in [9.17, 15) is 4.79 Å². The van der Waals surface area contributed by atoms with Crippen LogP contribution in [0.2, 0.25) is 0 Å². The highest BCUT2D eigenvalue weighted by Gasteiger charge is 2.04. The average molecular weight is 191 g/mol. The number of rotatable bonds is 3. The highest BCUT2D eigenvalue weighted by Crippen LogP contribution is 2.11. The third kappa shape index (κ3) is 2.46. The molecular formula is C8H9N5O. The Morgan fingerprint density at radius 2 is 2.57 bits per heavy atom. The van der Waals surface area contributed by atoms with Crippen LogP contribution in [-0.4, -0.2) is 17.4 Å². The lowest BCUT2D eigenvalue weighted by Crippen LogP contribution is -2.23. The molecule has 1 aromatic rings. The van der Waals surface area contributed by atoms with Gasteiger partial charge in [0.05, 0.1) is 0 Å². The molecule has 1 N–H and O–H groups in total. The van der Waals surface area contributed by atoms with Gasteiger partial charge in [-0.2, -0.15) is 0 Å². The number of amides is 1. The predicted octanol–water partition coefficient (Wildman–Crippen LogP) is 1.77. The SMILES string of the molecule is CCNC(=O)c1cc(N=[N+]=[N-])ccn1. The first-order chi connectivity index (χ1) is 6.77. The van der Waals surface area contributed by atoms with Crippen LogP contribution in [0.5, 0.6) is 0 Å². The van der Waals surface area contributed by atoms with Gasteiger partial charge in [0.25, 0.3) is 5.91 Å². The maximum atomic E-state index is 11.3. The van der Waals surface area contributed by atoms with Gasteiger partial charge in [-0.15, -0.1) is 0 Å². The molecule has 0 saturated carbocycles. The van der Waals surface area contributed by atoms with Crippen molar-refractivity contribution in [2.75, 3.05) is 6.54 Å². The van der Waals surface area contributed by atoms with Crippen LogP contribution in [0.3, 0.4) is 0 Å². The fraction of sp³-hybridized carbons (Fsp3) is 0.250. The van der Waals surface area contributed by atoms with Crippen molar-refractivity contribution < 1.29 is 4.79 Å². The monoisotopic (exact) mass is 191 g/mol. The normalized spacial score (nSPS) is 8.93. The predicted molar refractivity (Wildman–Crippen MR) is 51.1 cm³/mol. The number of carbonyl (C=O) groups excluding carboxylic acids is 1. The maximum absolute atomic E-state index is 11.3. The molecular weight excluding hydrogens is 182 g/mol. The van der Waals surface area contributed by atoms with E-state index in [1.165, 1.54) is 18.3 Å². The summed E-state index contributed by atoms with van der Waals surface area (Å²) in [6.07, 6.45) is 1.43. The molecule has 6 nitrogen and oxygen atoms in total. The van der Waals surface area contributed by atoms with Crippen molar-refractivity contribution in [1.29, 1.82) is 0 Å². The van der Waals surface area contributed by atoms with Crippen LogP contribution >= 0.6 is 0 Å². The Bertz CT molecular complexity index is 383. The average Bonchev–Trinajstić information content (AvgIpc) is 2.19. The highest BCUT2D eigenvalue weighted by molar-refractivity contribution is 5.92. The van der Waals surface area contributed by atoms with Gasteiger partial charge in [0.15, 0.2) is 0 Å². The van der Waals surface area contributed by atoms with E-state index >= 15 is 0 Å². The van der Waals surface area contributed by atoms with Gasteiger partial charge in [0, 0.05) is 23.3 Å². The fourth-order valence-corrected chi connectivity index (χ4v) is 0.909. The van der Waals surface area contributed by atoms with Crippen LogP contribution < -0.4 is 5.32 Å². The Labute approximate surface area is 80.6 Å². The molecule has 1 heterocycles. The first-order valence-electron chi connectivity index (χ1n) is 4.07. The Morgan fingerprint density at radius 3 is 3.21 bits per heavy atom. The molecule has 0 bridgehead atoms. The minimum absolute atomic E-state index is 0.247. The zero-order valence-electron chi connectivity index (χ0n) is 7.64. The van der Waals surface area contributed by atoms with E-state index in [0.717, 1.165) is 0 Å². The van der Waals surface area contributed by atoms with Gasteiger partial charge in [-0.05, 0) is 24.6 Å². The van der Waals surface area contributed by atoms with Crippen LogP contribution in [-0.2, 0) is 0 Å². The van der Waals surface area contributed by atoms with Gasteiger partial charge >= 0.3 is 0 Å². The molecule has 1 rings (SSSR count). The molecule has 1 aromatic heterocycles. The number of nitrogens with one attached hydrogen (secondary N) is 1. The van der Waals surface area contributed by atoms with E-state index < -0.39 is 0 Å². The quantitative estimate of drug-likeness (QED) is 0.448. The van der Waals surface area contributed by atoms with Crippen LogP contribution in [0.25, 0.3) is 10.4 Å². The van der Waals surface area contributed by atoms with Crippen molar-refractivity contribution in [1.82, 2.24) is 10.3 Å². The third-order valence-corrected chi connectivity index (χ3v) is 1.47. The molecule has 72 valence electrons. The van der Waals surface area contributed by atoms with E-state index in [-0.39, 0.29) is 11.6 Å². The zero-order valence-corrected chi connectivity index (χ0v) is 7.64. The molecule has 0 unspecified atom stereocenters. The minimum Gasteiger partial charge on any atom is -0.351 e. The van der Waals surface area contributed by atoms with Gasteiger partial charge in [-0.25, -0.2) is 0 Å². The molecule has 0 aliphatic carbocycles. The molecule has 0 aliphatic heterocycles. The second-order valence-electron chi connectivity index (χ2n) is 2.45. The zero-order chi connectivity index (χ0) is 10.4. The van der Waals surface area contributed by atoms with E-state index in [2.05, 4.69) is 20.3 Å². The number of azide groups is 1. The molecule has 0 aliphatic rings. The summed E-state index contributed by atoms with van der Waals surface area (Å²) < 4.78 is 0. The Balaban J connectivity index is 2.93. The number of aromatic nitrogens is 1. The van der Waals surface area contributed by atoms with E-state index in [1.807, 2.05) is 6.92 Å². The Kier molecular flexibility index (Phi) is 3.46. The summed E-state index contributed by atoms with van der Waals surface area (Å²) in [5, 5.41) is 5.97. The van der Waals surface area contributed by atoms with Crippen LogP contribution in [0.15, 0.2) is 23.4 Å². The smallest absolute Gasteiger partial charge is 0.269 e. The summed E-state index contributed by atoms with van der Waals surface area (Å²) in [4.78, 5) is 17.8. The van der Waals surface area contributed by atoms with Crippen LogP contribution in [0.1, 0.15) is 17.4 Å². The number of hydrogen-bond acceptors (Lipinski definition) is 3. The van der Waals surface area contributed by atoms with Crippen molar-refractivity contribution in [2.24, 2.45) is 5.11 Å². The molecule has 0 fully saturated rings. The summed E-state index contributed by atoms with van der Waals surface area (Å²) in [7, 11) is 0. The van der Waals surface area contributed by atoms with Gasteiger partial charge in [-0.3, -0.25) is 9.78 Å². The largest absolute Gasteiger partial charge is 0.351 e. The van der Waals surface area contributed by atoms with Crippen LogP contribution in [0, 0.1) is 0 Å². The van der Waals surface area contributed by atoms with Crippen molar-refractivity contribution >= 4 is 11.6 Å². The lowest BCUT2D eigenvalue weighted by molar-refractivity contribution is 0.0951. The van der Waals surface area contributed by atoms with Gasteiger partial charge < -0.3 is 5.32 Å². The summed E-state index contributed by atoms with van der Waals surface area (Å²) in [6, 6.07) is 2.97. The molecule has 0 spiro atoms. The van der Waals surface area contributed by atoms with Gasteiger partial charge in [0.1, 0.15) is 5.69 Å². The highest BCUT2D eigenvalue weighted by atomic mass is 16.1. The minimum atomic E-state index is -0.275. The van der Waals surface area contributed by atoms with Gasteiger partial charge in [0.2, 0.25) is 0 Å². The third-order valence-electron chi connectivity index (χ3n) is 1.47. The molecule has 0 radical (unpaired) electrons. The second kappa shape index (κ2) is 4.84. The molecule has 0 aromatic carbocycles. The van der Waals surface area contributed by atoms with Crippen molar-refractivity contribution in [3.63, 3.8) is 0 Å². The topological polar surface area (TPSA) is 90.8 Å². The molecule has 0 saturated heterocycles. The lowest BCUT2D eigenvalue weighted by Gasteiger charge is -2.00. The first-order valence-corrected chi connectivity index (χ1v) is 4.07. The summed E-state index contributed by atoms with van der Waals surface area (Å²) in [5.41, 5.74) is 8.82. The Morgan fingerprint density at radius 1 is 1.79 bits per heavy atom. The maximum Gasteiger partial charge on any atom is 0.269 e. The Hall–Kier alpha value is -2.07. The number of nitrogens with zero attached hydrogens (tertiary/aromatic N) is 4.